The first-order chi connectivity index (χ1) is 5.79. The van der Waals surface area contributed by atoms with Gasteiger partial charge in [-0.3, -0.25) is 0 Å². The number of aliphatic hydroxyl groups excluding tert-OH is 2. The van der Waals surface area contributed by atoms with Gasteiger partial charge in [-0.1, -0.05) is 0 Å². The fourth-order valence-electron chi connectivity index (χ4n) is 4.03. The van der Waals surface area contributed by atoms with Gasteiger partial charge in [0.2, 0.25) is 0 Å². The smallest absolute Gasteiger partial charge is 0.0574 e. The standard InChI is InChI=1S/C10H16O2/c11-7-3-1-5-9(7)6-2-4-8(12)10(5)6/h5-12H,1-4H2/t5?,6?,7-,8-,9?,10?/m0/s1. The summed E-state index contributed by atoms with van der Waals surface area (Å²) in [5.74, 6) is 2.46. The molecular weight excluding hydrogens is 152 g/mol. The van der Waals surface area contributed by atoms with Crippen LogP contribution < -0.4 is 0 Å². The average molecular weight is 168 g/mol. The lowest BCUT2D eigenvalue weighted by molar-refractivity contribution is -0.0743. The first-order valence-electron chi connectivity index (χ1n) is 5.15. The summed E-state index contributed by atoms with van der Waals surface area (Å²) in [6.45, 7) is 0. The van der Waals surface area contributed by atoms with Crippen molar-refractivity contribution in [3.8, 4) is 0 Å². The van der Waals surface area contributed by atoms with Crippen molar-refractivity contribution in [3.05, 3.63) is 0 Å². The van der Waals surface area contributed by atoms with Gasteiger partial charge in [0.25, 0.3) is 0 Å². The van der Waals surface area contributed by atoms with Crippen molar-refractivity contribution in [1.82, 2.24) is 0 Å². The predicted octanol–water partition coefficient (Wildman–Crippen LogP) is 0.774. The van der Waals surface area contributed by atoms with Crippen LogP contribution in [-0.4, -0.2) is 22.4 Å². The monoisotopic (exact) mass is 168 g/mol. The Kier molecular flexibility index (Phi) is 1.37. The van der Waals surface area contributed by atoms with Gasteiger partial charge in [-0.05, 0) is 49.4 Å². The molecule has 3 aliphatic rings. The van der Waals surface area contributed by atoms with Gasteiger partial charge >= 0.3 is 0 Å². The molecule has 0 aromatic rings. The molecule has 0 heterocycles. The molecule has 0 unspecified atom stereocenters. The largest absolute Gasteiger partial charge is 0.393 e. The molecule has 2 N–H and O–H groups in total. The fraction of sp³-hybridized carbons (Fsp3) is 1.00. The second kappa shape index (κ2) is 2.24. The molecule has 0 radical (unpaired) electrons. The van der Waals surface area contributed by atoms with E-state index in [2.05, 4.69) is 0 Å². The van der Waals surface area contributed by atoms with E-state index < -0.39 is 0 Å². The van der Waals surface area contributed by atoms with E-state index in [9.17, 15) is 10.2 Å². The Labute approximate surface area is 72.6 Å². The quantitative estimate of drug-likeness (QED) is 0.561. The molecular formula is C10H16O2. The lowest BCUT2D eigenvalue weighted by atomic mass is 9.59. The molecule has 2 atom stereocenters. The van der Waals surface area contributed by atoms with Gasteiger partial charge in [0.1, 0.15) is 0 Å². The summed E-state index contributed by atoms with van der Waals surface area (Å²) >= 11 is 0. The summed E-state index contributed by atoms with van der Waals surface area (Å²) < 4.78 is 0. The molecule has 3 aliphatic carbocycles. The molecule has 2 heteroatoms. The molecule has 0 aromatic carbocycles. The molecule has 3 saturated carbocycles. The second-order valence-electron chi connectivity index (χ2n) is 4.77. The lowest BCUT2D eigenvalue weighted by Gasteiger charge is -2.47. The topological polar surface area (TPSA) is 40.5 Å². The van der Waals surface area contributed by atoms with Crippen LogP contribution in [0.25, 0.3) is 0 Å². The number of rotatable bonds is 0. The maximum Gasteiger partial charge on any atom is 0.0574 e. The van der Waals surface area contributed by atoms with E-state index in [0.29, 0.717) is 23.7 Å². The number of aliphatic hydroxyl groups is 2. The molecule has 0 bridgehead atoms. The Hall–Kier alpha value is -0.0800. The van der Waals surface area contributed by atoms with Gasteiger partial charge in [-0.15, -0.1) is 0 Å². The summed E-state index contributed by atoms with van der Waals surface area (Å²) in [7, 11) is 0. The van der Waals surface area contributed by atoms with Gasteiger partial charge < -0.3 is 10.2 Å². The van der Waals surface area contributed by atoms with Crippen molar-refractivity contribution < 1.29 is 10.2 Å². The Morgan fingerprint density at radius 1 is 0.667 bits per heavy atom. The molecule has 0 amide bonds. The predicted molar refractivity (Wildman–Crippen MR) is 44.4 cm³/mol. The van der Waals surface area contributed by atoms with Crippen LogP contribution in [0.5, 0.6) is 0 Å². The summed E-state index contributed by atoms with van der Waals surface area (Å²) in [6.07, 6.45) is 4.20. The van der Waals surface area contributed by atoms with Crippen LogP contribution in [0.1, 0.15) is 25.7 Å². The third-order valence-electron chi connectivity index (χ3n) is 4.46. The normalized spacial score (nSPS) is 62.5. The van der Waals surface area contributed by atoms with Gasteiger partial charge in [-0.25, -0.2) is 0 Å². The van der Waals surface area contributed by atoms with Crippen molar-refractivity contribution in [2.45, 2.75) is 37.9 Å². The van der Waals surface area contributed by atoms with Gasteiger partial charge in [-0.2, -0.15) is 0 Å². The van der Waals surface area contributed by atoms with E-state index in [-0.39, 0.29) is 12.2 Å². The summed E-state index contributed by atoms with van der Waals surface area (Å²) in [4.78, 5) is 0. The Morgan fingerprint density at radius 3 is 1.50 bits per heavy atom. The number of hydrogen-bond acceptors (Lipinski definition) is 2. The first-order valence-corrected chi connectivity index (χ1v) is 5.15. The zero-order valence-corrected chi connectivity index (χ0v) is 7.19. The molecule has 0 saturated heterocycles. The fourth-order valence-corrected chi connectivity index (χ4v) is 4.03. The molecule has 3 rings (SSSR count). The van der Waals surface area contributed by atoms with E-state index in [4.69, 9.17) is 0 Å². The van der Waals surface area contributed by atoms with E-state index in [1.165, 1.54) is 0 Å². The highest BCUT2D eigenvalue weighted by molar-refractivity contribution is 5.09. The third kappa shape index (κ3) is 0.686. The number of hydrogen-bond donors (Lipinski definition) is 2. The SMILES string of the molecule is O[C@H]1CCC2C1C1CC[C@H](O)C21. The van der Waals surface area contributed by atoms with E-state index in [0.717, 1.165) is 25.7 Å². The van der Waals surface area contributed by atoms with Gasteiger partial charge in [0.05, 0.1) is 12.2 Å². The Balaban J connectivity index is 1.83. The Bertz CT molecular complexity index is 174. The van der Waals surface area contributed by atoms with Gasteiger partial charge in [0.15, 0.2) is 0 Å². The van der Waals surface area contributed by atoms with Crippen LogP contribution in [0.15, 0.2) is 0 Å². The van der Waals surface area contributed by atoms with Crippen molar-refractivity contribution in [2.24, 2.45) is 23.7 Å². The van der Waals surface area contributed by atoms with E-state index >= 15 is 0 Å². The van der Waals surface area contributed by atoms with Crippen molar-refractivity contribution in [3.63, 3.8) is 0 Å². The van der Waals surface area contributed by atoms with E-state index in [1.54, 1.807) is 0 Å². The molecule has 3 fully saturated rings. The lowest BCUT2D eigenvalue weighted by Crippen LogP contribution is -2.48. The zero-order valence-electron chi connectivity index (χ0n) is 7.19. The highest BCUT2D eigenvalue weighted by atomic mass is 16.3. The minimum atomic E-state index is -0.0402. The minimum Gasteiger partial charge on any atom is -0.393 e. The van der Waals surface area contributed by atoms with Crippen molar-refractivity contribution in [1.29, 1.82) is 0 Å². The van der Waals surface area contributed by atoms with Crippen LogP contribution in [0.3, 0.4) is 0 Å². The molecule has 0 aromatic heterocycles. The van der Waals surface area contributed by atoms with Crippen molar-refractivity contribution >= 4 is 0 Å². The maximum absolute atomic E-state index is 9.67. The van der Waals surface area contributed by atoms with Crippen LogP contribution >= 0.6 is 0 Å². The van der Waals surface area contributed by atoms with Crippen LogP contribution in [0.4, 0.5) is 0 Å². The highest BCUT2D eigenvalue weighted by Gasteiger charge is 2.60. The first kappa shape index (κ1) is 7.34. The molecule has 2 nitrogen and oxygen atoms in total. The van der Waals surface area contributed by atoms with E-state index in [1.807, 2.05) is 0 Å². The zero-order chi connectivity index (χ0) is 8.29. The van der Waals surface area contributed by atoms with Crippen LogP contribution in [-0.2, 0) is 0 Å². The average Bonchev–Trinajstić information content (AvgIpc) is 2.41. The summed E-state index contributed by atoms with van der Waals surface area (Å²) in [6, 6.07) is 0. The molecule has 12 heavy (non-hydrogen) atoms. The molecule has 0 aliphatic heterocycles. The number of fused-ring (bicyclic) bond motifs is 4. The third-order valence-corrected chi connectivity index (χ3v) is 4.46. The Morgan fingerprint density at radius 2 is 1.08 bits per heavy atom. The van der Waals surface area contributed by atoms with Crippen LogP contribution in [0, 0.1) is 23.7 Å². The summed E-state index contributed by atoms with van der Waals surface area (Å²) in [5, 5.41) is 19.3. The molecule has 0 spiro atoms. The molecule has 68 valence electrons. The minimum absolute atomic E-state index is 0.0402. The second-order valence-corrected chi connectivity index (χ2v) is 4.77. The maximum atomic E-state index is 9.67. The van der Waals surface area contributed by atoms with Crippen molar-refractivity contribution in [2.75, 3.05) is 0 Å². The van der Waals surface area contributed by atoms with Gasteiger partial charge in [0, 0.05) is 0 Å². The summed E-state index contributed by atoms with van der Waals surface area (Å²) in [5.41, 5.74) is 0. The van der Waals surface area contributed by atoms with Crippen LogP contribution in [0.2, 0.25) is 0 Å². The highest BCUT2D eigenvalue weighted by Crippen LogP contribution is 2.61.